The van der Waals surface area contributed by atoms with E-state index in [1.807, 2.05) is 0 Å². The van der Waals surface area contributed by atoms with Crippen LogP contribution in [0.5, 0.6) is 0 Å². The zero-order valence-electron chi connectivity index (χ0n) is 9.72. The molecule has 1 fully saturated rings. The predicted molar refractivity (Wildman–Crippen MR) is 66.4 cm³/mol. The molecule has 2 aromatic rings. The van der Waals surface area contributed by atoms with Crippen molar-refractivity contribution in [2.75, 3.05) is 12.3 Å². The highest BCUT2D eigenvalue weighted by molar-refractivity contribution is 6.21. The lowest BCUT2D eigenvalue weighted by molar-refractivity contribution is -0.0431. The van der Waals surface area contributed by atoms with Gasteiger partial charge in [-0.05, 0) is 0 Å². The number of aliphatic hydroxyl groups excluding tert-OH is 2. The highest BCUT2D eigenvalue weighted by Gasteiger charge is 2.43. The molecule has 8 nitrogen and oxygen atoms in total. The maximum atomic E-state index is 9.85. The normalized spacial score (nSPS) is 31.1. The Kier molecular flexibility index (Phi) is 3.02. The number of hydrogen-bond acceptors (Lipinski definition) is 7. The number of ether oxygens (including phenoxy) is 1. The van der Waals surface area contributed by atoms with Crippen LogP contribution in [0.15, 0.2) is 12.7 Å². The van der Waals surface area contributed by atoms with Gasteiger partial charge in [0.05, 0.1) is 12.9 Å². The van der Waals surface area contributed by atoms with E-state index in [9.17, 15) is 5.11 Å². The van der Waals surface area contributed by atoms with Gasteiger partial charge in [-0.1, -0.05) is 0 Å². The number of halogens is 1. The second kappa shape index (κ2) is 4.57. The van der Waals surface area contributed by atoms with Gasteiger partial charge >= 0.3 is 0 Å². The van der Waals surface area contributed by atoms with E-state index in [2.05, 4.69) is 15.0 Å². The molecule has 0 saturated carbocycles. The average Bonchev–Trinajstić information content (AvgIpc) is 2.94. The molecule has 3 rings (SSSR count). The van der Waals surface area contributed by atoms with Crippen molar-refractivity contribution in [2.45, 2.75) is 23.8 Å². The summed E-state index contributed by atoms with van der Waals surface area (Å²) >= 11 is 6.12. The highest BCUT2D eigenvalue weighted by atomic mass is 35.5. The molecule has 102 valence electrons. The molecule has 1 saturated heterocycles. The van der Waals surface area contributed by atoms with Crippen molar-refractivity contribution >= 4 is 28.6 Å². The maximum Gasteiger partial charge on any atom is 0.167 e. The van der Waals surface area contributed by atoms with Crippen molar-refractivity contribution in [2.24, 2.45) is 0 Å². The van der Waals surface area contributed by atoms with Crippen LogP contribution in [0.1, 0.15) is 6.23 Å². The zero-order chi connectivity index (χ0) is 13.6. The first kappa shape index (κ1) is 12.5. The van der Waals surface area contributed by atoms with E-state index in [1.54, 1.807) is 4.57 Å². The Morgan fingerprint density at radius 2 is 2.21 bits per heavy atom. The number of rotatable bonds is 2. The lowest BCUT2D eigenvalue weighted by Gasteiger charge is -2.15. The van der Waals surface area contributed by atoms with Gasteiger partial charge in [-0.15, -0.1) is 11.6 Å². The number of anilines is 1. The van der Waals surface area contributed by atoms with Gasteiger partial charge in [0.25, 0.3) is 0 Å². The standard InChI is InChI=1S/C10H12ClN5O3/c11-5-7(18)4(1-17)19-10(5)16-3-15-6-8(12)13-2-14-9(6)16/h2-5,7,10,17-18H,1H2,(H2,12,13,14)/t4-,5+,7-,10?/m1/s1. The van der Waals surface area contributed by atoms with Crippen LogP contribution in [0.3, 0.4) is 0 Å². The van der Waals surface area contributed by atoms with Crippen LogP contribution >= 0.6 is 11.6 Å². The van der Waals surface area contributed by atoms with Crippen molar-refractivity contribution in [1.29, 1.82) is 0 Å². The second-order valence-corrected chi connectivity index (χ2v) is 4.77. The third kappa shape index (κ3) is 1.84. The molecule has 1 aliphatic heterocycles. The van der Waals surface area contributed by atoms with Gasteiger partial charge in [0, 0.05) is 0 Å². The van der Waals surface area contributed by atoms with E-state index < -0.39 is 23.8 Å². The number of aromatic nitrogens is 4. The summed E-state index contributed by atoms with van der Waals surface area (Å²) in [6, 6.07) is 0. The quantitative estimate of drug-likeness (QED) is 0.622. The molecule has 0 bridgehead atoms. The predicted octanol–water partition coefficient (Wildman–Crippen LogP) is -0.734. The van der Waals surface area contributed by atoms with Crippen LogP contribution in [-0.4, -0.2) is 53.9 Å². The van der Waals surface area contributed by atoms with Crippen molar-refractivity contribution in [3.05, 3.63) is 12.7 Å². The Balaban J connectivity index is 2.04. The smallest absolute Gasteiger partial charge is 0.167 e. The largest absolute Gasteiger partial charge is 0.394 e. The molecular weight excluding hydrogens is 274 g/mol. The molecule has 9 heteroatoms. The first-order valence-electron chi connectivity index (χ1n) is 5.65. The summed E-state index contributed by atoms with van der Waals surface area (Å²) in [5.74, 6) is 0.257. The number of fused-ring (bicyclic) bond motifs is 1. The van der Waals surface area contributed by atoms with Gasteiger partial charge in [0.2, 0.25) is 0 Å². The first-order chi connectivity index (χ1) is 9.13. The van der Waals surface area contributed by atoms with Crippen molar-refractivity contribution < 1.29 is 14.9 Å². The Labute approximate surface area is 112 Å². The van der Waals surface area contributed by atoms with Crippen LogP contribution in [0.4, 0.5) is 5.82 Å². The molecule has 3 heterocycles. The van der Waals surface area contributed by atoms with E-state index in [0.29, 0.717) is 11.2 Å². The fourth-order valence-electron chi connectivity index (χ4n) is 2.13. The molecular formula is C10H12ClN5O3. The summed E-state index contributed by atoms with van der Waals surface area (Å²) in [6.07, 6.45) is 0.418. The third-order valence-corrected chi connectivity index (χ3v) is 3.61. The fourth-order valence-corrected chi connectivity index (χ4v) is 2.48. The summed E-state index contributed by atoms with van der Waals surface area (Å²) < 4.78 is 7.09. The number of imidazole rings is 1. The monoisotopic (exact) mass is 285 g/mol. The Morgan fingerprint density at radius 3 is 2.89 bits per heavy atom. The molecule has 0 amide bonds. The van der Waals surface area contributed by atoms with Gasteiger partial charge in [0.15, 0.2) is 17.7 Å². The highest BCUT2D eigenvalue weighted by Crippen LogP contribution is 2.35. The third-order valence-electron chi connectivity index (χ3n) is 3.13. The van der Waals surface area contributed by atoms with E-state index in [1.165, 1.54) is 12.7 Å². The van der Waals surface area contributed by atoms with Crippen molar-refractivity contribution in [3.63, 3.8) is 0 Å². The first-order valence-corrected chi connectivity index (χ1v) is 6.08. The SMILES string of the molecule is Nc1ncnc2c1ncn2C1O[C@H](CO)[C@@H](O)[C@@H]1Cl. The minimum Gasteiger partial charge on any atom is -0.394 e. The summed E-state index contributed by atoms with van der Waals surface area (Å²) in [5.41, 5.74) is 6.60. The average molecular weight is 286 g/mol. The van der Waals surface area contributed by atoms with E-state index in [4.69, 9.17) is 27.2 Å². The molecule has 4 atom stereocenters. The van der Waals surface area contributed by atoms with Crippen LogP contribution in [0.2, 0.25) is 0 Å². The minimum absolute atomic E-state index is 0.257. The van der Waals surface area contributed by atoms with Crippen LogP contribution in [-0.2, 0) is 4.74 Å². The van der Waals surface area contributed by atoms with Crippen LogP contribution in [0.25, 0.3) is 11.2 Å². The zero-order valence-corrected chi connectivity index (χ0v) is 10.5. The van der Waals surface area contributed by atoms with E-state index >= 15 is 0 Å². The molecule has 4 N–H and O–H groups in total. The van der Waals surface area contributed by atoms with Gasteiger partial charge in [-0.2, -0.15) is 0 Å². The lowest BCUT2D eigenvalue weighted by atomic mass is 10.2. The van der Waals surface area contributed by atoms with Crippen LogP contribution in [0, 0.1) is 0 Å². The van der Waals surface area contributed by atoms with Crippen LogP contribution < -0.4 is 5.73 Å². The van der Waals surface area contributed by atoms with Gasteiger partial charge < -0.3 is 20.7 Å². The maximum absolute atomic E-state index is 9.85. The molecule has 1 unspecified atom stereocenters. The molecule has 0 radical (unpaired) electrons. The molecule has 19 heavy (non-hydrogen) atoms. The number of nitrogens with zero attached hydrogens (tertiary/aromatic N) is 4. The lowest BCUT2D eigenvalue weighted by Crippen LogP contribution is -2.29. The van der Waals surface area contributed by atoms with E-state index in [-0.39, 0.29) is 12.4 Å². The number of alkyl halides is 1. The number of aliphatic hydroxyl groups is 2. The van der Waals surface area contributed by atoms with E-state index in [0.717, 1.165) is 0 Å². The number of nitrogen functional groups attached to an aromatic ring is 1. The van der Waals surface area contributed by atoms with Crippen molar-refractivity contribution in [1.82, 2.24) is 19.5 Å². The molecule has 0 aliphatic carbocycles. The summed E-state index contributed by atoms with van der Waals surface area (Å²) in [6.45, 7) is -0.315. The Hall–Kier alpha value is -1.48. The molecule has 0 spiro atoms. The summed E-state index contributed by atoms with van der Waals surface area (Å²) in [4.78, 5) is 12.0. The van der Waals surface area contributed by atoms with Gasteiger partial charge in [-0.3, -0.25) is 4.57 Å². The Morgan fingerprint density at radius 1 is 1.42 bits per heavy atom. The minimum atomic E-state index is -0.965. The molecule has 2 aromatic heterocycles. The van der Waals surface area contributed by atoms with Crippen molar-refractivity contribution in [3.8, 4) is 0 Å². The number of nitrogens with two attached hydrogens (primary N) is 1. The summed E-state index contributed by atoms with van der Waals surface area (Å²) in [5, 5.41) is 18.2. The topological polar surface area (TPSA) is 119 Å². The Bertz CT molecular complexity index is 606. The summed E-state index contributed by atoms with van der Waals surface area (Å²) in [7, 11) is 0. The second-order valence-electron chi connectivity index (χ2n) is 4.27. The fraction of sp³-hybridized carbons (Fsp3) is 0.500. The molecule has 0 aromatic carbocycles. The number of hydrogen-bond donors (Lipinski definition) is 3. The van der Waals surface area contributed by atoms with Gasteiger partial charge in [-0.25, -0.2) is 15.0 Å². The molecule has 1 aliphatic rings. The van der Waals surface area contributed by atoms with Gasteiger partial charge in [0.1, 0.15) is 29.4 Å².